The van der Waals surface area contributed by atoms with E-state index in [-0.39, 0.29) is 5.75 Å². The van der Waals surface area contributed by atoms with Gasteiger partial charge in [-0.1, -0.05) is 11.8 Å². The van der Waals surface area contributed by atoms with Gasteiger partial charge in [0.15, 0.2) is 5.17 Å². The summed E-state index contributed by atoms with van der Waals surface area (Å²) in [5.74, 6) is 0.0509. The molecule has 0 aliphatic carbocycles. The normalized spacial score (nSPS) is 17.4. The van der Waals surface area contributed by atoms with E-state index in [1.807, 2.05) is 0 Å². The van der Waals surface area contributed by atoms with Crippen molar-refractivity contribution in [2.45, 2.75) is 12.6 Å². The van der Waals surface area contributed by atoms with E-state index in [2.05, 4.69) is 10.3 Å². The second-order valence-electron chi connectivity index (χ2n) is 2.33. The van der Waals surface area contributed by atoms with Crippen molar-refractivity contribution in [2.24, 2.45) is 4.99 Å². The maximum Gasteiger partial charge on any atom is 0.389 e. The summed E-state index contributed by atoms with van der Waals surface area (Å²) in [5.41, 5.74) is 0. The number of thioether (sulfide) groups is 1. The molecule has 1 aliphatic heterocycles. The monoisotopic (exact) mass is 198 g/mol. The summed E-state index contributed by atoms with van der Waals surface area (Å²) in [6.45, 7) is 1.42. The van der Waals surface area contributed by atoms with Crippen LogP contribution in [-0.2, 0) is 0 Å². The fourth-order valence-electron chi connectivity index (χ4n) is 0.736. The zero-order valence-corrected chi connectivity index (χ0v) is 7.13. The molecule has 70 valence electrons. The largest absolute Gasteiger partial charge is 0.389 e. The summed E-state index contributed by atoms with van der Waals surface area (Å²) in [5, 5.41) is 3.53. The third kappa shape index (κ3) is 3.85. The van der Waals surface area contributed by atoms with Gasteiger partial charge in [0.05, 0.1) is 13.0 Å². The van der Waals surface area contributed by atoms with Gasteiger partial charge >= 0.3 is 6.18 Å². The van der Waals surface area contributed by atoms with Gasteiger partial charge in [-0.25, -0.2) is 0 Å². The van der Waals surface area contributed by atoms with E-state index >= 15 is 0 Å². The summed E-state index contributed by atoms with van der Waals surface area (Å²) in [4.78, 5) is 3.96. The molecular formula is C6H9F3N2S. The van der Waals surface area contributed by atoms with Crippen molar-refractivity contribution in [3.8, 4) is 0 Å². The molecule has 2 nitrogen and oxygen atoms in total. The maximum absolute atomic E-state index is 11.7. The highest BCUT2D eigenvalue weighted by Gasteiger charge is 2.26. The number of nitrogens with one attached hydrogen (secondary N) is 1. The van der Waals surface area contributed by atoms with E-state index < -0.39 is 12.6 Å². The summed E-state index contributed by atoms with van der Waals surface area (Å²) in [6, 6.07) is 0. The molecule has 0 bridgehead atoms. The third-order valence-electron chi connectivity index (χ3n) is 1.27. The minimum absolute atomic E-state index is 0.0509. The number of hydrogen-bond donors (Lipinski definition) is 1. The fourth-order valence-corrected chi connectivity index (χ4v) is 1.65. The molecule has 0 unspecified atom stereocenters. The zero-order valence-electron chi connectivity index (χ0n) is 6.32. The van der Waals surface area contributed by atoms with E-state index in [0.717, 1.165) is 18.3 Å². The van der Waals surface area contributed by atoms with E-state index in [9.17, 15) is 13.2 Å². The van der Waals surface area contributed by atoms with Gasteiger partial charge in [0.2, 0.25) is 0 Å². The highest BCUT2D eigenvalue weighted by Crippen LogP contribution is 2.22. The third-order valence-corrected chi connectivity index (χ3v) is 2.22. The predicted octanol–water partition coefficient (Wildman–Crippen LogP) is 1.63. The maximum atomic E-state index is 11.7. The number of nitrogens with zero attached hydrogens (tertiary/aromatic N) is 1. The molecule has 1 heterocycles. The first-order valence-corrected chi connectivity index (χ1v) is 4.54. The van der Waals surface area contributed by atoms with Crippen LogP contribution >= 0.6 is 11.8 Å². The average Bonchev–Trinajstić information content (AvgIpc) is 2.36. The van der Waals surface area contributed by atoms with Crippen LogP contribution in [0, 0.1) is 0 Å². The Morgan fingerprint density at radius 1 is 1.50 bits per heavy atom. The van der Waals surface area contributed by atoms with E-state index in [1.54, 1.807) is 0 Å². The lowest BCUT2D eigenvalue weighted by Gasteiger charge is -2.05. The van der Waals surface area contributed by atoms with Crippen LogP contribution in [0.2, 0.25) is 0 Å². The molecule has 0 atom stereocenters. The molecule has 1 N–H and O–H groups in total. The van der Waals surface area contributed by atoms with E-state index in [1.165, 1.54) is 0 Å². The van der Waals surface area contributed by atoms with Crippen LogP contribution in [0.25, 0.3) is 0 Å². The molecule has 1 aliphatic rings. The van der Waals surface area contributed by atoms with Crippen molar-refractivity contribution >= 4 is 16.9 Å². The van der Waals surface area contributed by atoms with Crippen LogP contribution in [0.15, 0.2) is 4.99 Å². The Morgan fingerprint density at radius 2 is 2.25 bits per heavy atom. The molecule has 0 saturated heterocycles. The van der Waals surface area contributed by atoms with Crippen molar-refractivity contribution in [1.29, 1.82) is 0 Å². The first-order chi connectivity index (χ1) is 5.58. The average molecular weight is 198 g/mol. The predicted molar refractivity (Wildman–Crippen MR) is 43.4 cm³/mol. The Bertz CT molecular complexity index is 178. The van der Waals surface area contributed by atoms with Gasteiger partial charge < -0.3 is 5.32 Å². The molecule has 0 aromatic heterocycles. The van der Waals surface area contributed by atoms with Crippen LogP contribution < -0.4 is 5.32 Å². The molecule has 0 radical (unpaired) electrons. The number of halogens is 3. The molecule has 0 aromatic carbocycles. The Balaban J connectivity index is 2.10. The Hall–Kier alpha value is -0.390. The van der Waals surface area contributed by atoms with Gasteiger partial charge in [-0.3, -0.25) is 4.99 Å². The molecule has 1 rings (SSSR count). The Labute approximate surface area is 72.6 Å². The fraction of sp³-hybridized carbons (Fsp3) is 0.833. The molecule has 0 aromatic rings. The van der Waals surface area contributed by atoms with Crippen molar-refractivity contribution in [2.75, 3.05) is 18.8 Å². The quantitative estimate of drug-likeness (QED) is 0.729. The van der Waals surface area contributed by atoms with Crippen molar-refractivity contribution in [3.63, 3.8) is 0 Å². The number of amidine groups is 1. The lowest BCUT2D eigenvalue weighted by atomic mass is 10.5. The second kappa shape index (κ2) is 4.02. The number of rotatable bonds is 2. The van der Waals surface area contributed by atoms with Crippen molar-refractivity contribution < 1.29 is 13.2 Å². The molecule has 0 fully saturated rings. The Kier molecular flexibility index (Phi) is 3.25. The molecule has 0 saturated carbocycles. The van der Waals surface area contributed by atoms with Gasteiger partial charge in [-0.05, 0) is 0 Å². The first-order valence-electron chi connectivity index (χ1n) is 3.56. The molecule has 6 heteroatoms. The van der Waals surface area contributed by atoms with Gasteiger partial charge in [0.25, 0.3) is 0 Å². The Morgan fingerprint density at radius 3 is 2.75 bits per heavy atom. The van der Waals surface area contributed by atoms with Crippen molar-refractivity contribution in [3.05, 3.63) is 0 Å². The highest BCUT2D eigenvalue weighted by molar-refractivity contribution is 8.13. The van der Waals surface area contributed by atoms with Crippen LogP contribution in [-0.4, -0.2) is 30.2 Å². The van der Waals surface area contributed by atoms with E-state index in [0.29, 0.717) is 11.7 Å². The zero-order chi connectivity index (χ0) is 9.03. The number of alkyl halides is 3. The van der Waals surface area contributed by atoms with E-state index in [4.69, 9.17) is 0 Å². The van der Waals surface area contributed by atoms with Crippen LogP contribution in [0.1, 0.15) is 6.42 Å². The molecule has 12 heavy (non-hydrogen) atoms. The minimum atomic E-state index is -4.05. The number of aliphatic imine (C=N–C) groups is 1. The highest BCUT2D eigenvalue weighted by atomic mass is 32.2. The summed E-state index contributed by atoms with van der Waals surface area (Å²) in [6.07, 6.45) is -4.80. The topological polar surface area (TPSA) is 24.4 Å². The molecule has 0 spiro atoms. The molecular weight excluding hydrogens is 189 g/mol. The number of hydrogen-bond acceptors (Lipinski definition) is 3. The first kappa shape index (κ1) is 9.70. The SMILES string of the molecule is FC(F)(F)CCSC1=NCCN1. The lowest BCUT2D eigenvalue weighted by molar-refractivity contribution is -0.129. The van der Waals surface area contributed by atoms with Gasteiger partial charge in [0, 0.05) is 12.3 Å². The van der Waals surface area contributed by atoms with Crippen LogP contribution in [0.4, 0.5) is 13.2 Å². The van der Waals surface area contributed by atoms with Gasteiger partial charge in [-0.2, -0.15) is 13.2 Å². The lowest BCUT2D eigenvalue weighted by Crippen LogP contribution is -2.17. The minimum Gasteiger partial charge on any atom is -0.363 e. The summed E-state index contributed by atoms with van der Waals surface area (Å²) >= 11 is 1.13. The summed E-state index contributed by atoms with van der Waals surface area (Å²) in [7, 11) is 0. The molecule has 0 amide bonds. The standard InChI is InChI=1S/C6H9F3N2S/c7-6(8,9)1-4-12-5-10-2-3-11-5/h1-4H2,(H,10,11). The van der Waals surface area contributed by atoms with Crippen LogP contribution in [0.3, 0.4) is 0 Å². The van der Waals surface area contributed by atoms with Gasteiger partial charge in [0.1, 0.15) is 0 Å². The van der Waals surface area contributed by atoms with Crippen molar-refractivity contribution in [1.82, 2.24) is 5.32 Å². The smallest absolute Gasteiger partial charge is 0.363 e. The van der Waals surface area contributed by atoms with Gasteiger partial charge in [-0.15, -0.1) is 0 Å². The van der Waals surface area contributed by atoms with Crippen LogP contribution in [0.5, 0.6) is 0 Å². The summed E-state index contributed by atoms with van der Waals surface area (Å²) < 4.78 is 35.0. The second-order valence-corrected chi connectivity index (χ2v) is 3.41.